The summed E-state index contributed by atoms with van der Waals surface area (Å²) in [5, 5.41) is -1.000. The molecule has 1 saturated carbocycles. The lowest BCUT2D eigenvalue weighted by molar-refractivity contribution is -0.138. The fourth-order valence-electron chi connectivity index (χ4n) is 3.18. The summed E-state index contributed by atoms with van der Waals surface area (Å²) in [6, 6.07) is 1.82. The van der Waals surface area contributed by atoms with Crippen molar-refractivity contribution < 1.29 is 26.7 Å². The summed E-state index contributed by atoms with van der Waals surface area (Å²) in [4.78, 5) is 11.3. The number of hydrogen-bond acceptors (Lipinski definition) is 3. The standard InChI is InChI=1S/C15H16ClF3O3S/c1-9-7-11(14(23(21)22)5-3-2-4-6-14)12(15(17,18)19)8-10(9)13(16)20/h7-8H,2-6H2,1H3,(H,21,22)/p-1. The normalized spacial score (nSPS) is 19.4. The van der Waals surface area contributed by atoms with Gasteiger partial charge >= 0.3 is 6.18 Å². The quantitative estimate of drug-likeness (QED) is 0.586. The van der Waals surface area contributed by atoms with Gasteiger partial charge in [-0.1, -0.05) is 25.3 Å². The van der Waals surface area contributed by atoms with Gasteiger partial charge < -0.3 is 4.55 Å². The van der Waals surface area contributed by atoms with E-state index in [4.69, 9.17) is 11.6 Å². The predicted molar refractivity (Wildman–Crippen MR) is 80.0 cm³/mol. The van der Waals surface area contributed by atoms with E-state index in [2.05, 4.69) is 0 Å². The van der Waals surface area contributed by atoms with Gasteiger partial charge in [0.25, 0.3) is 5.24 Å². The number of carbonyl (C=O) groups is 1. The largest absolute Gasteiger partial charge is 0.772 e. The van der Waals surface area contributed by atoms with Crippen molar-refractivity contribution in [3.05, 3.63) is 34.4 Å². The van der Waals surface area contributed by atoms with Gasteiger partial charge in [0.15, 0.2) is 0 Å². The van der Waals surface area contributed by atoms with Crippen LogP contribution in [0.5, 0.6) is 0 Å². The van der Waals surface area contributed by atoms with Gasteiger partial charge in [0, 0.05) is 5.56 Å². The van der Waals surface area contributed by atoms with Gasteiger partial charge in [0.1, 0.15) is 0 Å². The molecule has 1 fully saturated rings. The van der Waals surface area contributed by atoms with Crippen LogP contribution in [-0.4, -0.2) is 14.0 Å². The van der Waals surface area contributed by atoms with Crippen molar-refractivity contribution >= 4 is 27.9 Å². The first-order valence-electron chi connectivity index (χ1n) is 7.11. The minimum Gasteiger partial charge on any atom is -0.772 e. The molecule has 1 unspecified atom stereocenters. The van der Waals surface area contributed by atoms with E-state index in [1.54, 1.807) is 0 Å². The van der Waals surface area contributed by atoms with Crippen molar-refractivity contribution in [1.82, 2.24) is 0 Å². The van der Waals surface area contributed by atoms with E-state index >= 15 is 0 Å². The van der Waals surface area contributed by atoms with Crippen molar-refractivity contribution in [3.63, 3.8) is 0 Å². The molecule has 23 heavy (non-hydrogen) atoms. The topological polar surface area (TPSA) is 57.2 Å². The Labute approximate surface area is 139 Å². The molecule has 0 N–H and O–H groups in total. The van der Waals surface area contributed by atoms with Crippen LogP contribution >= 0.6 is 11.6 Å². The van der Waals surface area contributed by atoms with E-state index < -0.39 is 32.8 Å². The fraction of sp³-hybridized carbons (Fsp3) is 0.533. The van der Waals surface area contributed by atoms with Gasteiger partial charge in [-0.05, 0) is 59.6 Å². The Hall–Kier alpha value is -0.920. The molecule has 1 aliphatic rings. The number of carbonyl (C=O) groups excluding carboxylic acids is 1. The van der Waals surface area contributed by atoms with Gasteiger partial charge in [-0.2, -0.15) is 13.2 Å². The van der Waals surface area contributed by atoms with Crippen LogP contribution in [0, 0.1) is 6.92 Å². The van der Waals surface area contributed by atoms with E-state index in [0.717, 1.165) is 12.5 Å². The highest BCUT2D eigenvalue weighted by atomic mass is 35.5. The van der Waals surface area contributed by atoms with Crippen LogP contribution in [0.15, 0.2) is 12.1 Å². The average Bonchev–Trinajstić information content (AvgIpc) is 2.45. The smallest absolute Gasteiger partial charge is 0.416 e. The SMILES string of the molecule is Cc1cc(C2(S(=O)[O-])CCCCC2)c(C(F)(F)F)cc1C(=O)Cl. The van der Waals surface area contributed by atoms with Crippen molar-refractivity contribution in [2.24, 2.45) is 0 Å². The van der Waals surface area contributed by atoms with Crippen molar-refractivity contribution in [3.8, 4) is 0 Å². The number of halogens is 4. The average molecular weight is 368 g/mol. The second-order valence-electron chi connectivity index (χ2n) is 5.77. The molecule has 0 saturated heterocycles. The Morgan fingerprint density at radius 1 is 1.26 bits per heavy atom. The summed E-state index contributed by atoms with van der Waals surface area (Å²) < 4.78 is 62.5. The highest BCUT2D eigenvalue weighted by molar-refractivity contribution is 7.80. The monoisotopic (exact) mass is 367 g/mol. The number of benzene rings is 1. The van der Waals surface area contributed by atoms with Gasteiger partial charge in [-0.3, -0.25) is 9.00 Å². The molecule has 0 heterocycles. The zero-order valence-corrected chi connectivity index (χ0v) is 13.9. The molecule has 3 nitrogen and oxygen atoms in total. The molecule has 1 aromatic rings. The third-order valence-corrected chi connectivity index (χ3v) is 5.82. The molecule has 1 aromatic carbocycles. The second-order valence-corrected chi connectivity index (χ2v) is 7.37. The number of aryl methyl sites for hydroxylation is 1. The molecular formula is C15H15ClF3O3S-. The Morgan fingerprint density at radius 2 is 1.83 bits per heavy atom. The molecule has 0 radical (unpaired) electrons. The Kier molecular flexibility index (Phi) is 5.23. The summed E-state index contributed by atoms with van der Waals surface area (Å²) in [5.74, 6) is 0. The first-order chi connectivity index (χ1) is 10.6. The number of rotatable bonds is 3. The lowest BCUT2D eigenvalue weighted by atomic mass is 9.79. The highest BCUT2D eigenvalue weighted by Crippen LogP contribution is 2.47. The Bertz CT molecular complexity index is 652. The van der Waals surface area contributed by atoms with Crippen LogP contribution in [-0.2, 0) is 22.0 Å². The molecule has 0 aromatic heterocycles. The highest BCUT2D eigenvalue weighted by Gasteiger charge is 2.44. The first kappa shape index (κ1) is 18.4. The second kappa shape index (κ2) is 6.53. The van der Waals surface area contributed by atoms with Crippen molar-refractivity contribution in [2.75, 3.05) is 0 Å². The van der Waals surface area contributed by atoms with Gasteiger partial charge in [-0.25, -0.2) is 0 Å². The maximum atomic E-state index is 13.5. The molecule has 1 aliphatic carbocycles. The molecule has 0 amide bonds. The molecule has 128 valence electrons. The third-order valence-electron chi connectivity index (χ3n) is 4.35. The van der Waals surface area contributed by atoms with Crippen LogP contribution in [0.2, 0.25) is 0 Å². The zero-order valence-electron chi connectivity index (χ0n) is 12.3. The minimum atomic E-state index is -4.77. The zero-order chi connectivity index (χ0) is 17.4. The van der Waals surface area contributed by atoms with Crippen LogP contribution in [0.1, 0.15) is 59.2 Å². The maximum absolute atomic E-state index is 13.5. The summed E-state index contributed by atoms with van der Waals surface area (Å²) >= 11 is 2.64. The summed E-state index contributed by atoms with van der Waals surface area (Å²) in [7, 11) is 0. The number of hydrogen-bond donors (Lipinski definition) is 0. The molecular weight excluding hydrogens is 353 g/mol. The summed E-state index contributed by atoms with van der Waals surface area (Å²) in [6.45, 7) is 1.45. The lowest BCUT2D eigenvalue weighted by Gasteiger charge is -2.41. The van der Waals surface area contributed by atoms with E-state index in [1.807, 2.05) is 0 Å². The minimum absolute atomic E-state index is 0.139. The Balaban J connectivity index is 2.76. The lowest BCUT2D eigenvalue weighted by Crippen LogP contribution is -2.36. The van der Waals surface area contributed by atoms with Gasteiger partial charge in [0.05, 0.1) is 10.3 Å². The molecule has 0 bridgehead atoms. The van der Waals surface area contributed by atoms with E-state index in [9.17, 15) is 26.7 Å². The van der Waals surface area contributed by atoms with Crippen molar-refractivity contribution in [2.45, 2.75) is 50.0 Å². The molecule has 0 aliphatic heterocycles. The molecule has 1 atom stereocenters. The summed E-state index contributed by atoms with van der Waals surface area (Å²) in [5.41, 5.74) is -1.40. The maximum Gasteiger partial charge on any atom is 0.416 e. The van der Waals surface area contributed by atoms with Gasteiger partial charge in [-0.15, -0.1) is 0 Å². The van der Waals surface area contributed by atoms with Crippen LogP contribution in [0.4, 0.5) is 13.2 Å². The van der Waals surface area contributed by atoms with Gasteiger partial charge in [0.2, 0.25) is 0 Å². The molecule has 0 spiro atoms. The van der Waals surface area contributed by atoms with E-state index in [0.29, 0.717) is 18.9 Å². The number of alkyl halides is 3. The van der Waals surface area contributed by atoms with Crippen LogP contribution in [0.25, 0.3) is 0 Å². The predicted octanol–water partition coefficient (Wildman–Crippen LogP) is 4.43. The summed E-state index contributed by atoms with van der Waals surface area (Å²) in [6.07, 6.45) is -2.62. The first-order valence-corrected chi connectivity index (χ1v) is 8.56. The van der Waals surface area contributed by atoms with E-state index in [-0.39, 0.29) is 29.5 Å². The van der Waals surface area contributed by atoms with E-state index in [1.165, 1.54) is 6.92 Å². The van der Waals surface area contributed by atoms with Crippen LogP contribution < -0.4 is 0 Å². The molecule has 8 heteroatoms. The van der Waals surface area contributed by atoms with Crippen LogP contribution in [0.3, 0.4) is 0 Å². The third kappa shape index (κ3) is 3.46. The Morgan fingerprint density at radius 3 is 2.26 bits per heavy atom. The fourth-order valence-corrected chi connectivity index (χ4v) is 4.35. The van der Waals surface area contributed by atoms with Crippen molar-refractivity contribution in [1.29, 1.82) is 0 Å². The molecule has 2 rings (SSSR count).